The molecule has 1 aliphatic rings. The predicted molar refractivity (Wildman–Crippen MR) is 91.0 cm³/mol. The van der Waals surface area contributed by atoms with Crippen molar-refractivity contribution < 1.29 is 4.74 Å². The van der Waals surface area contributed by atoms with Gasteiger partial charge in [0.1, 0.15) is 11.6 Å². The molecule has 1 aromatic carbocycles. The van der Waals surface area contributed by atoms with Crippen LogP contribution in [0.15, 0.2) is 42.6 Å². The molecule has 4 nitrogen and oxygen atoms in total. The molecule has 22 heavy (non-hydrogen) atoms. The summed E-state index contributed by atoms with van der Waals surface area (Å²) < 4.78 is 5.83. The number of aromatic nitrogens is 1. The first-order valence-electron chi connectivity index (χ1n) is 7.08. The molecule has 1 aliphatic heterocycles. The number of rotatable bonds is 1. The van der Waals surface area contributed by atoms with Gasteiger partial charge in [0.15, 0.2) is 0 Å². The molecule has 0 saturated carbocycles. The Labute approximate surface area is 132 Å². The topological polar surface area (TPSA) is 74.2 Å². The summed E-state index contributed by atoms with van der Waals surface area (Å²) in [6, 6.07) is 12.0. The van der Waals surface area contributed by atoms with E-state index < -0.39 is 0 Å². The number of nitrogen functional groups attached to an aromatic ring is 2. The molecule has 0 saturated heterocycles. The number of hydrogen-bond donors (Lipinski definition) is 2. The number of nitrogens with zero attached hydrogens (tertiary/aromatic N) is 1. The molecule has 0 radical (unpaired) electrons. The molecule has 5 heteroatoms. The smallest absolute Gasteiger partial charge is 0.130 e. The summed E-state index contributed by atoms with van der Waals surface area (Å²) >= 11 is 1.75. The zero-order valence-electron chi connectivity index (χ0n) is 11.9. The van der Waals surface area contributed by atoms with Gasteiger partial charge in [0.2, 0.25) is 0 Å². The Morgan fingerprint density at radius 1 is 1.09 bits per heavy atom. The normalized spacial score (nSPS) is 12.9. The molecule has 2 aromatic heterocycles. The van der Waals surface area contributed by atoms with Gasteiger partial charge in [-0.15, -0.1) is 11.3 Å². The molecule has 0 amide bonds. The number of ether oxygens (including phenoxy) is 1. The average Bonchev–Trinajstić information content (AvgIpc) is 2.84. The Kier molecular flexibility index (Phi) is 3.01. The Morgan fingerprint density at radius 2 is 2.00 bits per heavy atom. The minimum Gasteiger partial charge on any atom is -0.492 e. The van der Waals surface area contributed by atoms with E-state index in [-0.39, 0.29) is 0 Å². The van der Waals surface area contributed by atoms with Gasteiger partial charge < -0.3 is 16.2 Å². The molecule has 4 N–H and O–H groups in total. The maximum absolute atomic E-state index is 5.87. The van der Waals surface area contributed by atoms with Gasteiger partial charge in [-0.3, -0.25) is 0 Å². The van der Waals surface area contributed by atoms with E-state index in [1.54, 1.807) is 17.5 Å². The maximum atomic E-state index is 5.87. The van der Waals surface area contributed by atoms with Crippen LogP contribution in [0.5, 0.6) is 5.75 Å². The third-order valence-corrected chi connectivity index (χ3v) is 5.01. The van der Waals surface area contributed by atoms with Gasteiger partial charge in [0.05, 0.1) is 6.61 Å². The summed E-state index contributed by atoms with van der Waals surface area (Å²) in [6.07, 6.45) is 2.63. The Bertz CT molecular complexity index is 857. The lowest BCUT2D eigenvalue weighted by molar-refractivity contribution is 0.326. The van der Waals surface area contributed by atoms with Gasteiger partial charge in [-0.05, 0) is 41.5 Å². The SMILES string of the molecule is Nc1ccc2c(c1)OCCc1cc(-c3ccnc(N)c3)sc1-2. The molecule has 3 aromatic rings. The molecule has 3 heterocycles. The van der Waals surface area contributed by atoms with Crippen LogP contribution in [0.3, 0.4) is 0 Å². The number of pyridine rings is 1. The summed E-state index contributed by atoms with van der Waals surface area (Å²) in [5.41, 5.74) is 15.9. The highest BCUT2D eigenvalue weighted by molar-refractivity contribution is 7.19. The van der Waals surface area contributed by atoms with E-state index in [2.05, 4.69) is 11.1 Å². The first kappa shape index (κ1) is 13.2. The van der Waals surface area contributed by atoms with Crippen LogP contribution >= 0.6 is 11.3 Å². The fraction of sp³-hybridized carbons (Fsp3) is 0.118. The van der Waals surface area contributed by atoms with Crippen molar-refractivity contribution in [2.75, 3.05) is 18.1 Å². The van der Waals surface area contributed by atoms with Crippen molar-refractivity contribution in [3.63, 3.8) is 0 Å². The molecule has 0 fully saturated rings. The van der Waals surface area contributed by atoms with Crippen molar-refractivity contribution >= 4 is 22.8 Å². The Hall–Kier alpha value is -2.53. The quantitative estimate of drug-likeness (QED) is 0.674. The predicted octanol–water partition coefficient (Wildman–Crippen LogP) is 3.58. The van der Waals surface area contributed by atoms with Crippen molar-refractivity contribution in [3.8, 4) is 26.6 Å². The Morgan fingerprint density at radius 3 is 2.86 bits per heavy atom. The number of thiophene rings is 1. The van der Waals surface area contributed by atoms with Crippen molar-refractivity contribution in [2.45, 2.75) is 6.42 Å². The second kappa shape index (κ2) is 5.03. The summed E-state index contributed by atoms with van der Waals surface area (Å²) in [5.74, 6) is 1.40. The molecule has 0 atom stereocenters. The zero-order valence-corrected chi connectivity index (χ0v) is 12.7. The fourth-order valence-corrected chi connectivity index (χ4v) is 3.94. The van der Waals surface area contributed by atoms with Crippen LogP contribution in [-0.2, 0) is 6.42 Å². The minimum atomic E-state index is 0.539. The lowest BCUT2D eigenvalue weighted by atomic mass is 10.1. The first-order valence-corrected chi connectivity index (χ1v) is 7.89. The molecule has 0 bridgehead atoms. The summed E-state index contributed by atoms with van der Waals surface area (Å²) in [5, 5.41) is 0. The van der Waals surface area contributed by atoms with E-state index in [4.69, 9.17) is 16.2 Å². The van der Waals surface area contributed by atoms with Gasteiger partial charge >= 0.3 is 0 Å². The van der Waals surface area contributed by atoms with Crippen molar-refractivity contribution in [2.24, 2.45) is 0 Å². The van der Waals surface area contributed by atoms with Crippen LogP contribution in [-0.4, -0.2) is 11.6 Å². The second-order valence-electron chi connectivity index (χ2n) is 5.29. The maximum Gasteiger partial charge on any atom is 0.130 e. The minimum absolute atomic E-state index is 0.539. The van der Waals surface area contributed by atoms with Crippen LogP contribution in [0.4, 0.5) is 11.5 Å². The van der Waals surface area contributed by atoms with Gasteiger partial charge in [0.25, 0.3) is 0 Å². The third-order valence-electron chi connectivity index (χ3n) is 3.75. The number of nitrogens with two attached hydrogens (primary N) is 2. The molecule has 4 rings (SSSR count). The highest BCUT2D eigenvalue weighted by Gasteiger charge is 2.19. The molecule has 0 aliphatic carbocycles. The van der Waals surface area contributed by atoms with Crippen molar-refractivity contribution in [3.05, 3.63) is 48.2 Å². The van der Waals surface area contributed by atoms with Crippen LogP contribution < -0.4 is 16.2 Å². The van der Waals surface area contributed by atoms with Crippen LogP contribution in [0.25, 0.3) is 20.9 Å². The monoisotopic (exact) mass is 309 g/mol. The average molecular weight is 309 g/mol. The van der Waals surface area contributed by atoms with E-state index in [9.17, 15) is 0 Å². The van der Waals surface area contributed by atoms with E-state index >= 15 is 0 Å². The van der Waals surface area contributed by atoms with Gasteiger partial charge in [-0.1, -0.05) is 0 Å². The number of fused-ring (bicyclic) bond motifs is 3. The lowest BCUT2D eigenvalue weighted by Gasteiger charge is -2.07. The van der Waals surface area contributed by atoms with Gasteiger partial charge in [-0.2, -0.15) is 0 Å². The van der Waals surface area contributed by atoms with E-state index in [1.165, 1.54) is 15.3 Å². The number of hydrogen-bond acceptors (Lipinski definition) is 5. The highest BCUT2D eigenvalue weighted by Crippen LogP contribution is 2.44. The number of benzene rings is 1. The van der Waals surface area contributed by atoms with E-state index in [0.717, 1.165) is 29.0 Å². The molecule has 0 unspecified atom stereocenters. The van der Waals surface area contributed by atoms with Gasteiger partial charge in [-0.25, -0.2) is 4.98 Å². The lowest BCUT2D eigenvalue weighted by Crippen LogP contribution is -1.98. The standard InChI is InChI=1S/C17H15N3OS/c18-12-1-2-13-14(9-12)21-6-4-11-7-15(22-17(11)13)10-3-5-20-16(19)8-10/h1-3,5,7-9H,4,6,18H2,(H2,19,20). The number of anilines is 2. The first-order chi connectivity index (χ1) is 10.7. The Balaban J connectivity index is 1.87. The highest BCUT2D eigenvalue weighted by atomic mass is 32.1. The summed E-state index contributed by atoms with van der Waals surface area (Å²) in [6.45, 7) is 0.665. The molecule has 110 valence electrons. The van der Waals surface area contributed by atoms with E-state index in [0.29, 0.717) is 12.4 Å². The molecule has 0 spiro atoms. The van der Waals surface area contributed by atoms with Crippen molar-refractivity contribution in [1.29, 1.82) is 0 Å². The molecular formula is C17H15N3OS. The van der Waals surface area contributed by atoms with Gasteiger partial charge in [0, 0.05) is 39.7 Å². The van der Waals surface area contributed by atoms with Crippen LogP contribution in [0.2, 0.25) is 0 Å². The van der Waals surface area contributed by atoms with Crippen LogP contribution in [0.1, 0.15) is 5.56 Å². The van der Waals surface area contributed by atoms with Crippen LogP contribution in [0, 0.1) is 0 Å². The second-order valence-corrected chi connectivity index (χ2v) is 6.34. The molecular weight excluding hydrogens is 294 g/mol. The van der Waals surface area contributed by atoms with Crippen molar-refractivity contribution in [1.82, 2.24) is 4.98 Å². The summed E-state index contributed by atoms with van der Waals surface area (Å²) in [4.78, 5) is 6.50. The largest absolute Gasteiger partial charge is 0.492 e. The zero-order chi connectivity index (χ0) is 15.1. The summed E-state index contributed by atoms with van der Waals surface area (Å²) in [7, 11) is 0. The third kappa shape index (κ3) is 2.19. The fourth-order valence-electron chi connectivity index (χ4n) is 2.70. The van der Waals surface area contributed by atoms with E-state index in [1.807, 2.05) is 30.3 Å².